The van der Waals surface area contributed by atoms with Gasteiger partial charge in [0.2, 0.25) is 0 Å². The minimum absolute atomic E-state index is 0.00326. The fraction of sp³-hybridized carbons (Fsp3) is 0.733. The summed E-state index contributed by atoms with van der Waals surface area (Å²) in [6.07, 6.45) is 0.364. The van der Waals surface area contributed by atoms with E-state index in [4.69, 9.17) is 4.74 Å². The van der Waals surface area contributed by atoms with E-state index in [9.17, 15) is 18.0 Å². The molecule has 24 heavy (non-hydrogen) atoms. The maximum Gasteiger partial charge on any atom is 0.574 e. The third-order valence-electron chi connectivity index (χ3n) is 3.49. The molecule has 136 valence electrons. The molecule has 0 radical (unpaired) electrons. The number of hydrogen-bond donors (Lipinski definition) is 1. The van der Waals surface area contributed by atoms with Crippen molar-refractivity contribution in [3.05, 3.63) is 6.20 Å². The first kappa shape index (κ1) is 18.4. The first-order valence-electron chi connectivity index (χ1n) is 7.88. The van der Waals surface area contributed by atoms with Gasteiger partial charge in [-0.1, -0.05) is 19.3 Å². The fourth-order valence-electron chi connectivity index (χ4n) is 2.59. The number of rotatable bonds is 3. The smallest absolute Gasteiger partial charge is 0.444 e. The number of alkyl halides is 3. The second-order valence-electron chi connectivity index (χ2n) is 6.79. The van der Waals surface area contributed by atoms with Gasteiger partial charge in [-0.25, -0.2) is 4.79 Å². The number of anilines is 1. The van der Waals surface area contributed by atoms with Crippen LogP contribution in [-0.2, 0) is 4.74 Å². The molecule has 0 bridgehead atoms. The first-order valence-corrected chi connectivity index (χ1v) is 7.88. The molecule has 0 aliphatic heterocycles. The maximum atomic E-state index is 12.6. The van der Waals surface area contributed by atoms with Crippen molar-refractivity contribution in [3.8, 4) is 5.88 Å². The molecule has 1 amide bonds. The van der Waals surface area contributed by atoms with E-state index < -0.39 is 23.9 Å². The Balaban J connectivity index is 2.19. The van der Waals surface area contributed by atoms with Gasteiger partial charge in [-0.2, -0.15) is 0 Å². The minimum atomic E-state index is -4.89. The monoisotopic (exact) mass is 349 g/mol. The Morgan fingerprint density at radius 2 is 1.88 bits per heavy atom. The quantitative estimate of drug-likeness (QED) is 0.864. The number of carbonyl (C=O) groups excluding carboxylic acids is 1. The Morgan fingerprint density at radius 1 is 1.25 bits per heavy atom. The molecule has 0 saturated heterocycles. The van der Waals surface area contributed by atoms with E-state index >= 15 is 0 Å². The average molecular weight is 349 g/mol. The van der Waals surface area contributed by atoms with Gasteiger partial charge in [0.25, 0.3) is 5.88 Å². The highest BCUT2D eigenvalue weighted by Gasteiger charge is 2.35. The predicted molar refractivity (Wildman–Crippen MR) is 80.9 cm³/mol. The van der Waals surface area contributed by atoms with Crippen LogP contribution in [0.5, 0.6) is 5.88 Å². The number of halogens is 3. The number of nitrogens with zero attached hydrogens (tertiary/aromatic N) is 2. The Bertz CT molecular complexity index is 573. The van der Waals surface area contributed by atoms with Crippen molar-refractivity contribution in [2.45, 2.75) is 70.9 Å². The standard InChI is InChI=1S/C15H22F3N3O3/c1-14(2,3)24-13(22)19-11-9-21(10-7-5-4-6-8-10)20-12(11)23-15(16,17)18/h9-10H,4-8H2,1-3H3,(H,19,22). The zero-order chi connectivity index (χ0) is 18.0. The molecule has 0 aromatic carbocycles. The van der Waals surface area contributed by atoms with Gasteiger partial charge < -0.3 is 9.47 Å². The molecule has 2 rings (SSSR count). The van der Waals surface area contributed by atoms with Gasteiger partial charge in [0, 0.05) is 0 Å². The first-order chi connectivity index (χ1) is 11.0. The zero-order valence-electron chi connectivity index (χ0n) is 13.9. The Hall–Kier alpha value is -1.93. The molecule has 0 atom stereocenters. The van der Waals surface area contributed by atoms with Crippen LogP contribution in [0.3, 0.4) is 0 Å². The fourth-order valence-corrected chi connectivity index (χ4v) is 2.59. The lowest BCUT2D eigenvalue weighted by Crippen LogP contribution is -2.27. The van der Waals surface area contributed by atoms with Crippen LogP contribution in [0.4, 0.5) is 23.7 Å². The van der Waals surface area contributed by atoms with Crippen LogP contribution < -0.4 is 10.1 Å². The summed E-state index contributed by atoms with van der Waals surface area (Å²) >= 11 is 0. The summed E-state index contributed by atoms with van der Waals surface area (Å²) in [5, 5.41) is 6.15. The van der Waals surface area contributed by atoms with Crippen molar-refractivity contribution in [3.63, 3.8) is 0 Å². The summed E-state index contributed by atoms with van der Waals surface area (Å²) in [6, 6.07) is 0.00326. The van der Waals surface area contributed by atoms with Crippen LogP contribution >= 0.6 is 0 Å². The molecule has 1 aromatic heterocycles. The second-order valence-corrected chi connectivity index (χ2v) is 6.79. The molecule has 1 aliphatic carbocycles. The van der Waals surface area contributed by atoms with Crippen molar-refractivity contribution >= 4 is 11.8 Å². The zero-order valence-corrected chi connectivity index (χ0v) is 13.9. The molecular weight excluding hydrogens is 327 g/mol. The van der Waals surface area contributed by atoms with Crippen molar-refractivity contribution in [1.82, 2.24) is 9.78 Å². The summed E-state index contributed by atoms with van der Waals surface area (Å²) in [5.74, 6) is -0.682. The van der Waals surface area contributed by atoms with Gasteiger partial charge in [-0.15, -0.1) is 18.3 Å². The van der Waals surface area contributed by atoms with Gasteiger partial charge in [-0.05, 0) is 33.6 Å². The van der Waals surface area contributed by atoms with E-state index in [0.717, 1.165) is 32.1 Å². The maximum absolute atomic E-state index is 12.6. The summed E-state index contributed by atoms with van der Waals surface area (Å²) in [7, 11) is 0. The highest BCUT2D eigenvalue weighted by Crippen LogP contribution is 2.34. The lowest BCUT2D eigenvalue weighted by Gasteiger charge is -2.21. The third kappa shape index (κ3) is 5.61. The molecule has 1 heterocycles. The van der Waals surface area contributed by atoms with Crippen LogP contribution in [0.15, 0.2) is 6.20 Å². The molecule has 6 nitrogen and oxygen atoms in total. The number of aromatic nitrogens is 2. The van der Waals surface area contributed by atoms with Crippen molar-refractivity contribution in [1.29, 1.82) is 0 Å². The average Bonchev–Trinajstić information content (AvgIpc) is 2.78. The molecular formula is C15H22F3N3O3. The lowest BCUT2D eigenvalue weighted by molar-refractivity contribution is -0.276. The van der Waals surface area contributed by atoms with Crippen LogP contribution in [0.1, 0.15) is 58.9 Å². The lowest BCUT2D eigenvalue weighted by atomic mass is 9.96. The van der Waals surface area contributed by atoms with Crippen LogP contribution in [0.2, 0.25) is 0 Å². The van der Waals surface area contributed by atoms with Crippen LogP contribution in [-0.4, -0.2) is 27.8 Å². The van der Waals surface area contributed by atoms with Crippen molar-refractivity contribution in [2.75, 3.05) is 5.32 Å². The molecule has 0 spiro atoms. The highest BCUT2D eigenvalue weighted by molar-refractivity contribution is 5.86. The van der Waals surface area contributed by atoms with E-state index in [1.165, 1.54) is 10.9 Å². The highest BCUT2D eigenvalue weighted by atomic mass is 19.4. The van der Waals surface area contributed by atoms with Gasteiger partial charge in [0.15, 0.2) is 0 Å². The van der Waals surface area contributed by atoms with E-state index in [-0.39, 0.29) is 11.7 Å². The Morgan fingerprint density at radius 3 is 2.42 bits per heavy atom. The third-order valence-corrected chi connectivity index (χ3v) is 3.49. The molecule has 1 aliphatic rings. The number of hydrogen-bond acceptors (Lipinski definition) is 4. The molecule has 9 heteroatoms. The van der Waals surface area contributed by atoms with Crippen molar-refractivity contribution in [2.24, 2.45) is 0 Å². The summed E-state index contributed by atoms with van der Waals surface area (Å²) in [6.45, 7) is 4.97. The Kier molecular flexibility index (Phi) is 5.29. The van der Waals surface area contributed by atoms with E-state index in [1.807, 2.05) is 0 Å². The minimum Gasteiger partial charge on any atom is -0.444 e. The normalized spacial score (nSPS) is 16.8. The number of ether oxygens (including phenoxy) is 2. The predicted octanol–water partition coefficient (Wildman–Crippen LogP) is 4.63. The summed E-state index contributed by atoms with van der Waals surface area (Å²) in [4.78, 5) is 11.8. The second kappa shape index (κ2) is 6.90. The Labute approximate surface area is 138 Å². The molecule has 1 saturated carbocycles. The summed E-state index contributed by atoms with van der Waals surface area (Å²) in [5.41, 5.74) is -0.929. The van der Waals surface area contributed by atoms with Crippen LogP contribution in [0.25, 0.3) is 0 Å². The van der Waals surface area contributed by atoms with E-state index in [0.29, 0.717) is 0 Å². The van der Waals surface area contributed by atoms with Gasteiger partial charge in [-0.3, -0.25) is 10.00 Å². The number of amides is 1. The largest absolute Gasteiger partial charge is 0.574 e. The molecule has 1 fully saturated rings. The van der Waals surface area contributed by atoms with Gasteiger partial charge in [0.05, 0.1) is 12.2 Å². The summed E-state index contributed by atoms with van der Waals surface area (Å²) < 4.78 is 48.1. The SMILES string of the molecule is CC(C)(C)OC(=O)Nc1cn(C2CCCCC2)nc1OC(F)(F)F. The number of carbonyl (C=O) groups is 1. The molecule has 0 unspecified atom stereocenters. The topological polar surface area (TPSA) is 65.4 Å². The van der Waals surface area contributed by atoms with Gasteiger partial charge in [0.1, 0.15) is 11.3 Å². The van der Waals surface area contributed by atoms with Gasteiger partial charge >= 0.3 is 12.5 Å². The van der Waals surface area contributed by atoms with Crippen molar-refractivity contribution < 1.29 is 27.4 Å². The van der Waals surface area contributed by atoms with E-state index in [2.05, 4.69) is 15.2 Å². The molecule has 1 aromatic rings. The molecule has 1 N–H and O–H groups in total. The van der Waals surface area contributed by atoms with Crippen LogP contribution in [0, 0.1) is 0 Å². The number of nitrogens with one attached hydrogen (secondary N) is 1. The van der Waals surface area contributed by atoms with E-state index in [1.54, 1.807) is 20.8 Å².